The van der Waals surface area contributed by atoms with Crippen molar-refractivity contribution in [1.82, 2.24) is 9.38 Å². The maximum Gasteiger partial charge on any atom is 0.356 e. The third-order valence-electron chi connectivity index (χ3n) is 3.50. The van der Waals surface area contributed by atoms with Crippen molar-refractivity contribution in [3.8, 4) is 0 Å². The lowest BCUT2D eigenvalue weighted by molar-refractivity contribution is 0.0247. The van der Waals surface area contributed by atoms with Gasteiger partial charge in [0.05, 0.1) is 6.10 Å². The Morgan fingerprint density at radius 1 is 1.50 bits per heavy atom. The van der Waals surface area contributed by atoms with E-state index >= 15 is 0 Å². The van der Waals surface area contributed by atoms with Crippen LogP contribution in [0.4, 0.5) is 5.82 Å². The van der Waals surface area contributed by atoms with Gasteiger partial charge in [0.25, 0.3) is 0 Å². The van der Waals surface area contributed by atoms with Gasteiger partial charge in [0, 0.05) is 19.3 Å². The standard InChI is InChI=1S/C14H17N3O3/c18-14(19)12-13(15-9-10-5-2-4-8-20-10)16-11-6-1-3-7-17(11)12/h1,3,6-7,10,15H,2,4-5,8-9H2,(H,18,19). The van der Waals surface area contributed by atoms with Gasteiger partial charge in [-0.15, -0.1) is 0 Å². The molecule has 0 bridgehead atoms. The van der Waals surface area contributed by atoms with E-state index in [2.05, 4.69) is 10.3 Å². The fourth-order valence-electron chi connectivity index (χ4n) is 2.50. The van der Waals surface area contributed by atoms with Crippen LogP contribution in [0, 0.1) is 0 Å². The number of rotatable bonds is 4. The van der Waals surface area contributed by atoms with Crippen LogP contribution < -0.4 is 5.32 Å². The molecule has 2 aromatic heterocycles. The topological polar surface area (TPSA) is 75.9 Å². The Labute approximate surface area is 116 Å². The predicted molar refractivity (Wildman–Crippen MR) is 74.2 cm³/mol. The van der Waals surface area contributed by atoms with E-state index in [1.54, 1.807) is 22.7 Å². The maximum absolute atomic E-state index is 11.4. The summed E-state index contributed by atoms with van der Waals surface area (Å²) in [6, 6.07) is 5.41. The molecular weight excluding hydrogens is 258 g/mol. The molecule has 0 radical (unpaired) electrons. The first-order chi connectivity index (χ1) is 9.75. The number of hydrogen-bond donors (Lipinski definition) is 2. The highest BCUT2D eigenvalue weighted by Crippen LogP contribution is 2.19. The fourth-order valence-corrected chi connectivity index (χ4v) is 2.50. The van der Waals surface area contributed by atoms with Crippen LogP contribution in [-0.2, 0) is 4.74 Å². The zero-order chi connectivity index (χ0) is 13.9. The van der Waals surface area contributed by atoms with Gasteiger partial charge in [0.1, 0.15) is 5.65 Å². The molecule has 1 atom stereocenters. The summed E-state index contributed by atoms with van der Waals surface area (Å²) in [6.45, 7) is 1.37. The lowest BCUT2D eigenvalue weighted by Crippen LogP contribution is -2.27. The highest BCUT2D eigenvalue weighted by Gasteiger charge is 2.20. The van der Waals surface area contributed by atoms with Gasteiger partial charge < -0.3 is 15.2 Å². The Morgan fingerprint density at radius 2 is 2.40 bits per heavy atom. The minimum atomic E-state index is -0.990. The van der Waals surface area contributed by atoms with E-state index in [-0.39, 0.29) is 11.8 Å². The number of carboxylic acids is 1. The summed E-state index contributed by atoms with van der Waals surface area (Å²) < 4.78 is 7.21. The molecule has 1 aliphatic heterocycles. The van der Waals surface area contributed by atoms with Gasteiger partial charge in [0.2, 0.25) is 0 Å². The number of aromatic carboxylic acids is 1. The minimum absolute atomic E-state index is 0.134. The highest BCUT2D eigenvalue weighted by molar-refractivity contribution is 5.92. The molecule has 0 aromatic carbocycles. The molecule has 106 valence electrons. The molecule has 0 aliphatic carbocycles. The summed E-state index contributed by atoms with van der Waals surface area (Å²) in [5, 5.41) is 12.5. The van der Waals surface area contributed by atoms with Crippen molar-refractivity contribution in [3.63, 3.8) is 0 Å². The normalized spacial score (nSPS) is 19.1. The monoisotopic (exact) mass is 275 g/mol. The number of pyridine rings is 1. The average Bonchev–Trinajstić information content (AvgIpc) is 2.84. The molecule has 1 saturated heterocycles. The molecule has 6 nitrogen and oxygen atoms in total. The largest absolute Gasteiger partial charge is 0.476 e. The number of anilines is 1. The molecule has 2 N–H and O–H groups in total. The molecule has 6 heteroatoms. The Kier molecular flexibility index (Phi) is 3.56. The number of fused-ring (bicyclic) bond motifs is 1. The van der Waals surface area contributed by atoms with Crippen LogP contribution in [0.5, 0.6) is 0 Å². The molecule has 2 aromatic rings. The number of nitrogens with one attached hydrogen (secondary N) is 1. The molecule has 0 spiro atoms. The maximum atomic E-state index is 11.4. The molecule has 0 amide bonds. The Balaban J connectivity index is 1.82. The van der Waals surface area contributed by atoms with Gasteiger partial charge in [-0.25, -0.2) is 9.78 Å². The zero-order valence-electron chi connectivity index (χ0n) is 11.1. The smallest absolute Gasteiger partial charge is 0.356 e. The van der Waals surface area contributed by atoms with E-state index in [9.17, 15) is 9.90 Å². The number of hydrogen-bond acceptors (Lipinski definition) is 4. The Bertz CT molecular complexity index is 617. The van der Waals surface area contributed by atoms with E-state index in [4.69, 9.17) is 4.74 Å². The highest BCUT2D eigenvalue weighted by atomic mass is 16.5. The average molecular weight is 275 g/mol. The van der Waals surface area contributed by atoms with Gasteiger partial charge in [-0.3, -0.25) is 4.40 Å². The van der Waals surface area contributed by atoms with Crippen LogP contribution in [0.1, 0.15) is 29.8 Å². The number of ether oxygens (including phenoxy) is 1. The lowest BCUT2D eigenvalue weighted by atomic mass is 10.1. The molecule has 0 saturated carbocycles. The molecule has 1 fully saturated rings. The van der Waals surface area contributed by atoms with Crippen LogP contribution in [0.15, 0.2) is 24.4 Å². The summed E-state index contributed by atoms with van der Waals surface area (Å²) in [6.07, 6.45) is 5.10. The molecule has 1 aliphatic rings. The third-order valence-corrected chi connectivity index (χ3v) is 3.50. The van der Waals surface area contributed by atoms with Gasteiger partial charge in [-0.05, 0) is 31.4 Å². The quantitative estimate of drug-likeness (QED) is 0.892. The predicted octanol–water partition coefficient (Wildman–Crippen LogP) is 2.01. The van der Waals surface area contributed by atoms with Gasteiger partial charge in [-0.2, -0.15) is 0 Å². The van der Waals surface area contributed by atoms with Crippen LogP contribution >= 0.6 is 0 Å². The number of aromatic nitrogens is 2. The second kappa shape index (κ2) is 5.50. The van der Waals surface area contributed by atoms with Gasteiger partial charge in [-0.1, -0.05) is 6.07 Å². The van der Waals surface area contributed by atoms with Gasteiger partial charge in [0.15, 0.2) is 11.5 Å². The van der Waals surface area contributed by atoms with Crippen molar-refractivity contribution in [2.24, 2.45) is 0 Å². The summed E-state index contributed by atoms with van der Waals surface area (Å²) >= 11 is 0. The first-order valence-electron chi connectivity index (χ1n) is 6.81. The van der Waals surface area contributed by atoms with Crippen LogP contribution in [0.3, 0.4) is 0 Å². The summed E-state index contributed by atoms with van der Waals surface area (Å²) in [5.41, 5.74) is 0.786. The van der Waals surface area contributed by atoms with Crippen molar-refractivity contribution >= 4 is 17.4 Å². The van der Waals surface area contributed by atoms with E-state index in [1.807, 2.05) is 6.07 Å². The van der Waals surface area contributed by atoms with E-state index in [1.165, 1.54) is 0 Å². The molecule has 3 rings (SSSR count). The Hall–Kier alpha value is -2.08. The number of carboxylic acid groups (broad SMARTS) is 1. The van der Waals surface area contributed by atoms with Crippen molar-refractivity contribution in [3.05, 3.63) is 30.1 Å². The van der Waals surface area contributed by atoms with E-state index < -0.39 is 5.97 Å². The number of imidazole rings is 1. The fraction of sp³-hybridized carbons (Fsp3) is 0.429. The molecule has 3 heterocycles. The second-order valence-corrected chi connectivity index (χ2v) is 4.91. The van der Waals surface area contributed by atoms with Gasteiger partial charge >= 0.3 is 5.97 Å². The minimum Gasteiger partial charge on any atom is -0.476 e. The van der Waals surface area contributed by atoms with E-state index in [0.717, 1.165) is 25.9 Å². The van der Waals surface area contributed by atoms with Crippen molar-refractivity contribution in [2.75, 3.05) is 18.5 Å². The van der Waals surface area contributed by atoms with Crippen molar-refractivity contribution < 1.29 is 14.6 Å². The third kappa shape index (κ3) is 2.46. The van der Waals surface area contributed by atoms with Crippen LogP contribution in [0.2, 0.25) is 0 Å². The zero-order valence-corrected chi connectivity index (χ0v) is 11.1. The lowest BCUT2D eigenvalue weighted by Gasteiger charge is -2.22. The summed E-state index contributed by atoms with van der Waals surface area (Å²) in [7, 11) is 0. The summed E-state index contributed by atoms with van der Waals surface area (Å²) in [4.78, 5) is 15.7. The summed E-state index contributed by atoms with van der Waals surface area (Å²) in [5.74, 6) is -0.589. The number of carbonyl (C=O) groups is 1. The molecule has 20 heavy (non-hydrogen) atoms. The SMILES string of the molecule is O=C(O)c1c(NCC2CCCCO2)nc2ccccn12. The van der Waals surface area contributed by atoms with Crippen LogP contribution in [-0.4, -0.2) is 39.7 Å². The molecule has 1 unspecified atom stereocenters. The first kappa shape index (κ1) is 12.9. The van der Waals surface area contributed by atoms with Crippen molar-refractivity contribution in [2.45, 2.75) is 25.4 Å². The molecular formula is C14H17N3O3. The van der Waals surface area contributed by atoms with Crippen LogP contribution in [0.25, 0.3) is 5.65 Å². The van der Waals surface area contributed by atoms with Crippen molar-refractivity contribution in [1.29, 1.82) is 0 Å². The number of nitrogens with zero attached hydrogens (tertiary/aromatic N) is 2. The first-order valence-corrected chi connectivity index (χ1v) is 6.81. The van der Waals surface area contributed by atoms with E-state index in [0.29, 0.717) is 18.0 Å². The Morgan fingerprint density at radius 3 is 3.15 bits per heavy atom. The second-order valence-electron chi connectivity index (χ2n) is 4.91.